The van der Waals surface area contributed by atoms with E-state index in [0.717, 1.165) is 6.54 Å². The molecular formula is C8H8FN3S. The maximum atomic E-state index is 12.8. The van der Waals surface area contributed by atoms with E-state index in [1.165, 1.54) is 12.3 Å². The van der Waals surface area contributed by atoms with E-state index in [2.05, 4.69) is 9.97 Å². The zero-order valence-corrected chi connectivity index (χ0v) is 7.86. The molecule has 5 heteroatoms. The molecule has 0 bridgehead atoms. The number of aromatic amines is 1. The Kier molecular flexibility index (Phi) is 1.88. The highest BCUT2D eigenvalue weighted by atomic mass is 32.1. The first-order valence-electron chi connectivity index (χ1n) is 3.96. The van der Waals surface area contributed by atoms with Crippen LogP contribution in [-0.2, 0) is 6.54 Å². The number of hydrogen-bond acceptors (Lipinski definition) is 2. The van der Waals surface area contributed by atoms with E-state index in [9.17, 15) is 4.39 Å². The van der Waals surface area contributed by atoms with Gasteiger partial charge in [-0.25, -0.2) is 9.37 Å². The number of aryl methyl sites for hydroxylation is 1. The van der Waals surface area contributed by atoms with E-state index < -0.39 is 0 Å². The summed E-state index contributed by atoms with van der Waals surface area (Å²) in [4.78, 5) is 6.86. The van der Waals surface area contributed by atoms with Crippen molar-refractivity contribution in [3.8, 4) is 0 Å². The van der Waals surface area contributed by atoms with Crippen molar-refractivity contribution in [3.63, 3.8) is 0 Å². The van der Waals surface area contributed by atoms with Gasteiger partial charge in [-0.3, -0.25) is 0 Å². The van der Waals surface area contributed by atoms with Crippen LogP contribution in [0.2, 0.25) is 0 Å². The molecule has 1 N–H and O–H groups in total. The molecule has 0 aromatic carbocycles. The Morgan fingerprint density at radius 1 is 1.69 bits per heavy atom. The molecule has 0 fully saturated rings. The number of fused-ring (bicyclic) bond motifs is 1. The Morgan fingerprint density at radius 3 is 3.15 bits per heavy atom. The number of nitrogens with one attached hydrogen (secondary N) is 1. The molecule has 2 aromatic heterocycles. The summed E-state index contributed by atoms with van der Waals surface area (Å²) in [6.07, 6.45) is 1.19. The Balaban J connectivity index is 2.87. The van der Waals surface area contributed by atoms with Gasteiger partial charge in [-0.2, -0.15) is 0 Å². The highest BCUT2D eigenvalue weighted by Gasteiger charge is 2.04. The lowest BCUT2D eigenvalue weighted by molar-refractivity contribution is 0.623. The van der Waals surface area contributed by atoms with E-state index in [-0.39, 0.29) is 5.82 Å². The summed E-state index contributed by atoms with van der Waals surface area (Å²) in [6.45, 7) is 2.70. The largest absolute Gasteiger partial charge is 0.329 e. The van der Waals surface area contributed by atoms with Crippen molar-refractivity contribution >= 4 is 23.4 Å². The lowest BCUT2D eigenvalue weighted by Gasteiger charge is -1.96. The molecule has 2 rings (SSSR count). The van der Waals surface area contributed by atoms with Crippen molar-refractivity contribution in [2.24, 2.45) is 0 Å². The average molecular weight is 197 g/mol. The molecule has 2 heterocycles. The fourth-order valence-electron chi connectivity index (χ4n) is 1.31. The summed E-state index contributed by atoms with van der Waals surface area (Å²) >= 11 is 5.04. The molecule has 13 heavy (non-hydrogen) atoms. The van der Waals surface area contributed by atoms with Crippen LogP contribution in [0.4, 0.5) is 4.39 Å². The van der Waals surface area contributed by atoms with Crippen LogP contribution in [0.3, 0.4) is 0 Å². The topological polar surface area (TPSA) is 33.6 Å². The molecule has 68 valence electrons. The number of hydrogen-bond donors (Lipinski definition) is 1. The molecule has 0 aliphatic carbocycles. The molecule has 0 spiro atoms. The second-order valence-electron chi connectivity index (χ2n) is 2.70. The minimum atomic E-state index is -0.355. The Morgan fingerprint density at radius 2 is 2.46 bits per heavy atom. The van der Waals surface area contributed by atoms with Gasteiger partial charge in [0.2, 0.25) is 0 Å². The van der Waals surface area contributed by atoms with Crippen LogP contribution >= 0.6 is 12.2 Å². The van der Waals surface area contributed by atoms with Crippen molar-refractivity contribution in [2.75, 3.05) is 0 Å². The predicted octanol–water partition coefficient (Wildman–Crippen LogP) is 2.25. The number of rotatable bonds is 1. The van der Waals surface area contributed by atoms with Crippen LogP contribution in [0.15, 0.2) is 12.3 Å². The van der Waals surface area contributed by atoms with E-state index in [1.807, 2.05) is 11.5 Å². The predicted molar refractivity (Wildman–Crippen MR) is 50.5 cm³/mol. The zero-order valence-electron chi connectivity index (χ0n) is 7.04. The SMILES string of the molecule is CCn1c(=S)[nH]c2cc(F)cnc21. The molecule has 3 nitrogen and oxygen atoms in total. The van der Waals surface area contributed by atoms with Crippen molar-refractivity contribution in [3.05, 3.63) is 22.9 Å². The van der Waals surface area contributed by atoms with Crippen molar-refractivity contribution in [2.45, 2.75) is 13.5 Å². The summed E-state index contributed by atoms with van der Waals surface area (Å²) in [5, 5.41) is 0. The molecular weight excluding hydrogens is 189 g/mol. The van der Waals surface area contributed by atoms with Crippen LogP contribution in [0.5, 0.6) is 0 Å². The molecule has 0 amide bonds. The van der Waals surface area contributed by atoms with Crippen LogP contribution in [0.25, 0.3) is 11.2 Å². The van der Waals surface area contributed by atoms with Crippen LogP contribution < -0.4 is 0 Å². The first-order chi connectivity index (χ1) is 6.22. The normalized spacial score (nSPS) is 10.9. The first-order valence-corrected chi connectivity index (χ1v) is 4.37. The van der Waals surface area contributed by atoms with Crippen LogP contribution in [-0.4, -0.2) is 14.5 Å². The first kappa shape index (κ1) is 8.37. The van der Waals surface area contributed by atoms with E-state index >= 15 is 0 Å². The van der Waals surface area contributed by atoms with Gasteiger partial charge in [0.15, 0.2) is 10.4 Å². The number of aromatic nitrogens is 3. The van der Waals surface area contributed by atoms with Gasteiger partial charge in [-0.05, 0) is 19.1 Å². The maximum absolute atomic E-state index is 12.8. The van der Waals surface area contributed by atoms with Gasteiger partial charge in [-0.15, -0.1) is 0 Å². The molecule has 0 radical (unpaired) electrons. The lowest BCUT2D eigenvalue weighted by atomic mass is 10.4. The molecule has 2 aromatic rings. The second kappa shape index (κ2) is 2.92. The highest BCUT2D eigenvalue weighted by molar-refractivity contribution is 7.71. The molecule has 0 saturated heterocycles. The third-order valence-corrected chi connectivity index (χ3v) is 2.21. The molecule has 0 unspecified atom stereocenters. The smallest absolute Gasteiger partial charge is 0.179 e. The van der Waals surface area contributed by atoms with E-state index in [0.29, 0.717) is 15.9 Å². The third kappa shape index (κ3) is 1.25. The van der Waals surface area contributed by atoms with Gasteiger partial charge >= 0.3 is 0 Å². The van der Waals surface area contributed by atoms with Crippen molar-refractivity contribution in [1.82, 2.24) is 14.5 Å². The Hall–Kier alpha value is -1.23. The van der Waals surface area contributed by atoms with Gasteiger partial charge in [-0.1, -0.05) is 0 Å². The summed E-state index contributed by atoms with van der Waals surface area (Å²) in [5.74, 6) is -0.355. The zero-order chi connectivity index (χ0) is 9.42. The molecule has 0 atom stereocenters. The fraction of sp³-hybridized carbons (Fsp3) is 0.250. The summed E-state index contributed by atoms with van der Waals surface area (Å²) in [7, 11) is 0. The number of imidazole rings is 1. The Labute approximate surface area is 79.2 Å². The van der Waals surface area contributed by atoms with E-state index in [4.69, 9.17) is 12.2 Å². The van der Waals surface area contributed by atoms with Crippen LogP contribution in [0, 0.1) is 10.6 Å². The minimum absolute atomic E-state index is 0.355. The average Bonchev–Trinajstić information content (AvgIpc) is 2.39. The number of H-pyrrole nitrogens is 1. The highest BCUT2D eigenvalue weighted by Crippen LogP contribution is 2.11. The summed E-state index contributed by atoms with van der Waals surface area (Å²) < 4.78 is 15.2. The van der Waals surface area contributed by atoms with Gasteiger partial charge in [0.25, 0.3) is 0 Å². The lowest BCUT2D eigenvalue weighted by Crippen LogP contribution is -1.94. The van der Waals surface area contributed by atoms with Gasteiger partial charge in [0, 0.05) is 12.6 Å². The number of halogens is 1. The van der Waals surface area contributed by atoms with E-state index in [1.54, 1.807) is 0 Å². The van der Waals surface area contributed by atoms with Crippen molar-refractivity contribution < 1.29 is 4.39 Å². The van der Waals surface area contributed by atoms with Crippen LogP contribution in [0.1, 0.15) is 6.92 Å². The standard InChI is InChI=1S/C8H8FN3S/c1-2-12-7-6(11-8(12)13)3-5(9)4-10-7/h3-4H,2H2,1H3,(H,11,13). The molecule has 0 aliphatic heterocycles. The van der Waals surface area contributed by atoms with Gasteiger partial charge in [0.1, 0.15) is 5.82 Å². The number of pyridine rings is 1. The molecule has 0 aliphatic rings. The second-order valence-corrected chi connectivity index (χ2v) is 3.09. The fourth-order valence-corrected chi connectivity index (χ4v) is 1.64. The van der Waals surface area contributed by atoms with Crippen molar-refractivity contribution in [1.29, 1.82) is 0 Å². The monoisotopic (exact) mass is 197 g/mol. The summed E-state index contributed by atoms with van der Waals surface area (Å²) in [6, 6.07) is 1.39. The summed E-state index contributed by atoms with van der Waals surface area (Å²) in [5.41, 5.74) is 1.35. The van der Waals surface area contributed by atoms with Gasteiger partial charge in [0.05, 0.1) is 11.7 Å². The third-order valence-electron chi connectivity index (χ3n) is 1.89. The van der Waals surface area contributed by atoms with Gasteiger partial charge < -0.3 is 9.55 Å². The maximum Gasteiger partial charge on any atom is 0.179 e. The number of nitrogens with zero attached hydrogens (tertiary/aromatic N) is 2. The molecule has 0 saturated carbocycles. The quantitative estimate of drug-likeness (QED) is 0.711. The minimum Gasteiger partial charge on any atom is -0.329 e. The Bertz CT molecular complexity index is 500.